The molecule has 0 saturated carbocycles. The van der Waals surface area contributed by atoms with Crippen LogP contribution in [0.1, 0.15) is 25.0 Å². The van der Waals surface area contributed by atoms with Crippen LogP contribution in [0.25, 0.3) is 88.0 Å². The zero-order chi connectivity index (χ0) is 38.9. The van der Waals surface area contributed by atoms with Gasteiger partial charge in [-0.15, -0.1) is 21.9 Å². The van der Waals surface area contributed by atoms with Gasteiger partial charge in [-0.2, -0.15) is 0 Å². The van der Waals surface area contributed by atoms with E-state index in [2.05, 4.69) is 80.6 Å². The maximum Gasteiger partial charge on any atom is 0.136 e. The van der Waals surface area contributed by atoms with Gasteiger partial charge in [0.25, 0.3) is 0 Å². The van der Waals surface area contributed by atoms with Crippen molar-refractivity contribution in [1.29, 1.82) is 0 Å². The normalized spacial score (nSPS) is 13.2. The van der Waals surface area contributed by atoms with Crippen molar-refractivity contribution in [3.8, 4) is 44.5 Å². The molecule has 0 atom stereocenters. The molecule has 10 rings (SSSR count). The van der Waals surface area contributed by atoms with Crippen molar-refractivity contribution in [3.63, 3.8) is 0 Å². The molecule has 9 heteroatoms. The van der Waals surface area contributed by atoms with Crippen molar-refractivity contribution < 1.29 is 4.42 Å². The first-order valence-corrected chi connectivity index (χ1v) is 18.4. The van der Waals surface area contributed by atoms with Crippen LogP contribution in [0.4, 0.5) is 0 Å². The number of hydrogen-bond acceptors (Lipinski definition) is 1. The highest BCUT2D eigenvalue weighted by Crippen LogP contribution is 2.52. The molecule has 56 heavy (non-hydrogen) atoms. The first-order chi connectivity index (χ1) is 26.9. The molecule has 0 saturated heterocycles. The first-order valence-electron chi connectivity index (χ1n) is 18.4. The van der Waals surface area contributed by atoms with Crippen molar-refractivity contribution in [2.75, 3.05) is 0 Å². The van der Waals surface area contributed by atoms with Crippen LogP contribution in [0, 0.1) is 0 Å². The van der Waals surface area contributed by atoms with E-state index in [0.29, 0.717) is 38.3 Å². The van der Waals surface area contributed by atoms with Gasteiger partial charge in [0.2, 0.25) is 0 Å². The fourth-order valence-corrected chi connectivity index (χ4v) is 9.30. The molecular weight excluding hydrogens is 667 g/mol. The number of rotatable bonds is 3. The summed E-state index contributed by atoms with van der Waals surface area (Å²) in [7, 11) is 54.9. The van der Waals surface area contributed by atoms with Gasteiger partial charge in [-0.3, -0.25) is 0 Å². The lowest BCUT2D eigenvalue weighted by atomic mass is 9.59. The van der Waals surface area contributed by atoms with E-state index in [0.717, 1.165) is 38.6 Å². The molecule has 16 radical (unpaired) electrons. The maximum atomic E-state index is 7.05. The molecule has 242 valence electrons. The molecule has 1 nitrogen and oxygen atoms in total. The summed E-state index contributed by atoms with van der Waals surface area (Å²) in [5, 5.41) is 4.02. The van der Waals surface area contributed by atoms with Crippen molar-refractivity contribution >= 4 is 150 Å². The molecule has 1 heterocycles. The van der Waals surface area contributed by atoms with Gasteiger partial charge in [0.05, 0.1) is 0 Å². The third kappa shape index (κ3) is 4.61. The Balaban J connectivity index is 1.33. The van der Waals surface area contributed by atoms with Gasteiger partial charge in [-0.1, -0.05) is 133 Å². The topological polar surface area (TPSA) is 13.1 Å². The van der Waals surface area contributed by atoms with E-state index in [4.69, 9.17) is 67.2 Å². The Morgan fingerprint density at radius 2 is 0.821 bits per heavy atom. The minimum absolute atomic E-state index is 0.132. The minimum Gasteiger partial charge on any atom is -0.456 e. The third-order valence-corrected chi connectivity index (χ3v) is 12.1. The summed E-state index contributed by atoms with van der Waals surface area (Å²) in [6, 6.07) is 37.2. The second-order valence-corrected chi connectivity index (χ2v) is 15.3. The zero-order valence-corrected chi connectivity index (χ0v) is 30.9. The lowest BCUT2D eigenvalue weighted by Crippen LogP contribution is -2.50. The number of benzene rings is 8. The number of para-hydroxylation sites is 1. The average Bonchev–Trinajstić information content (AvgIpc) is 3.72. The van der Waals surface area contributed by atoms with Crippen molar-refractivity contribution in [3.05, 3.63) is 120 Å². The van der Waals surface area contributed by atoms with Crippen molar-refractivity contribution in [2.24, 2.45) is 0 Å². The van der Waals surface area contributed by atoms with Crippen LogP contribution in [0.15, 0.2) is 114 Å². The molecule has 0 spiro atoms. The third-order valence-electron chi connectivity index (χ3n) is 12.1. The van der Waals surface area contributed by atoms with E-state index >= 15 is 0 Å². The predicted octanol–water partition coefficient (Wildman–Crippen LogP) is 3.55. The molecule has 0 fully saturated rings. The summed E-state index contributed by atoms with van der Waals surface area (Å²) >= 11 is 0. The first kappa shape index (κ1) is 35.0. The summed E-state index contributed by atoms with van der Waals surface area (Å²) in [4.78, 5) is 0. The van der Waals surface area contributed by atoms with E-state index < -0.39 is 0 Å². The Kier molecular flexibility index (Phi) is 7.70. The number of furan rings is 1. The second kappa shape index (κ2) is 12.3. The van der Waals surface area contributed by atoms with Crippen molar-refractivity contribution in [2.45, 2.75) is 19.3 Å². The summed E-state index contributed by atoms with van der Waals surface area (Å²) < 4.78 is 6.33. The van der Waals surface area contributed by atoms with E-state index in [1.54, 1.807) is 0 Å². The van der Waals surface area contributed by atoms with Gasteiger partial charge < -0.3 is 4.42 Å². The molecule has 0 unspecified atom stereocenters. The Hall–Kier alpha value is -5.40. The summed E-state index contributed by atoms with van der Waals surface area (Å²) in [6.07, 6.45) is 0. The van der Waals surface area contributed by atoms with E-state index in [1.807, 2.05) is 42.5 Å². The lowest BCUT2D eigenvalue weighted by molar-refractivity contribution is 0.660. The number of hydrogen-bond donors (Lipinski definition) is 0. The largest absolute Gasteiger partial charge is 0.456 e. The van der Waals surface area contributed by atoms with Gasteiger partial charge >= 0.3 is 0 Å². The molecule has 9 aromatic rings. The van der Waals surface area contributed by atoms with Crippen LogP contribution >= 0.6 is 0 Å². The molecule has 8 aromatic carbocycles. The Morgan fingerprint density at radius 1 is 0.357 bits per heavy atom. The molecule has 0 aliphatic heterocycles. The molecule has 0 amide bonds. The fourth-order valence-electron chi connectivity index (χ4n) is 9.30. The highest BCUT2D eigenvalue weighted by atomic mass is 16.3. The molecule has 0 bridgehead atoms. The Labute approximate surface area is 336 Å². The maximum absolute atomic E-state index is 7.05. The van der Waals surface area contributed by atoms with Crippen LogP contribution in [0.5, 0.6) is 0 Å². The quantitative estimate of drug-likeness (QED) is 0.204. The van der Waals surface area contributed by atoms with Crippen LogP contribution in [0.3, 0.4) is 0 Å². The highest BCUT2D eigenvalue weighted by molar-refractivity contribution is 6.71. The SMILES string of the molecule is [B]c1c([B])c([B])c2c(-c3cccc4oc5ccccc5c34)c3c([B])c([B])c([B])c([B])c3c(-c3ccc(-c4cccc5c4-c4ccccc4C5(C)C)cc3)c2c1[B]. The second-order valence-electron chi connectivity index (χ2n) is 15.3. The predicted molar refractivity (Wildman–Crippen MR) is 246 cm³/mol. The van der Waals surface area contributed by atoms with E-state index in [-0.39, 0.29) is 49.1 Å². The van der Waals surface area contributed by atoms with E-state index in [1.165, 1.54) is 22.3 Å². The van der Waals surface area contributed by atoms with Crippen LogP contribution < -0.4 is 43.7 Å². The van der Waals surface area contributed by atoms with Gasteiger partial charge in [-0.05, 0) is 89.3 Å². The summed E-state index contributed by atoms with van der Waals surface area (Å²) in [6.45, 7) is 4.56. The summed E-state index contributed by atoms with van der Waals surface area (Å²) in [5.74, 6) is 0. The van der Waals surface area contributed by atoms with Gasteiger partial charge in [-0.25, -0.2) is 0 Å². The number of fused-ring (bicyclic) bond motifs is 8. The van der Waals surface area contributed by atoms with E-state index in [9.17, 15) is 0 Å². The van der Waals surface area contributed by atoms with Gasteiger partial charge in [0, 0.05) is 16.2 Å². The molecular formula is C47H24B8O. The molecule has 0 N–H and O–H groups in total. The standard InChI is InChI=1S/C47H24B8O/c1-47(2)27-13-5-3-9-24(27)32-23(11-7-14-28(32)47)21-17-19-22(20-18-21)31-35-37(41(50)45(54)43(52)39(35)48)34(38-36(31)40(49)44(53)46(55)42(38)51)26-12-8-16-30-33(26)25-10-4-6-15-29(25)56-30/h3-20H,1-2H3. The van der Waals surface area contributed by atoms with Gasteiger partial charge in [0.1, 0.15) is 73.9 Å². The van der Waals surface area contributed by atoms with Crippen molar-refractivity contribution in [1.82, 2.24) is 0 Å². The van der Waals surface area contributed by atoms with Crippen LogP contribution in [-0.4, -0.2) is 62.8 Å². The molecule has 1 aliphatic rings. The monoisotopic (exact) mass is 692 g/mol. The lowest BCUT2D eigenvalue weighted by Gasteiger charge is -2.28. The van der Waals surface area contributed by atoms with Crippen LogP contribution in [0.2, 0.25) is 0 Å². The minimum atomic E-state index is -0.132. The van der Waals surface area contributed by atoms with Gasteiger partial charge in [0.15, 0.2) is 0 Å². The summed E-state index contributed by atoms with van der Waals surface area (Å²) in [5.41, 5.74) is 13.1. The smallest absolute Gasteiger partial charge is 0.136 e. The average molecular weight is 691 g/mol. The molecule has 1 aromatic heterocycles. The van der Waals surface area contributed by atoms with Crippen LogP contribution in [-0.2, 0) is 5.41 Å². The Bertz CT molecular complexity index is 3110. The highest BCUT2D eigenvalue weighted by Gasteiger charge is 2.36. The Morgan fingerprint density at radius 3 is 1.46 bits per heavy atom. The molecule has 1 aliphatic carbocycles. The zero-order valence-electron chi connectivity index (χ0n) is 30.9. The fraction of sp³-hybridized carbons (Fsp3) is 0.0638.